The van der Waals surface area contributed by atoms with Gasteiger partial charge < -0.3 is 14.6 Å². The van der Waals surface area contributed by atoms with Crippen molar-refractivity contribution in [3.8, 4) is 0 Å². The lowest BCUT2D eigenvalue weighted by molar-refractivity contribution is -0.127. The van der Waals surface area contributed by atoms with E-state index in [1.807, 2.05) is 11.0 Å². The van der Waals surface area contributed by atoms with Crippen LogP contribution in [0, 0.1) is 5.92 Å². The first-order chi connectivity index (χ1) is 13.7. The Morgan fingerprint density at radius 1 is 1.21 bits per heavy atom. The van der Waals surface area contributed by atoms with Crippen molar-refractivity contribution in [2.75, 3.05) is 19.6 Å². The number of furan rings is 1. The van der Waals surface area contributed by atoms with E-state index in [0.717, 1.165) is 35.6 Å². The van der Waals surface area contributed by atoms with E-state index in [0.29, 0.717) is 36.9 Å². The smallest absolute Gasteiger partial charge is 0.251 e. The zero-order chi connectivity index (χ0) is 19.3. The van der Waals surface area contributed by atoms with Crippen LogP contribution < -0.4 is 5.32 Å². The quantitative estimate of drug-likeness (QED) is 0.670. The second-order valence-electron chi connectivity index (χ2n) is 6.80. The molecule has 144 valence electrons. The van der Waals surface area contributed by atoms with Crippen LogP contribution in [0.4, 0.5) is 0 Å². The molecule has 1 aliphatic heterocycles. The maximum atomic E-state index is 12.4. The normalized spacial score (nSPS) is 15.4. The molecule has 28 heavy (non-hydrogen) atoms. The van der Waals surface area contributed by atoms with Gasteiger partial charge in [0, 0.05) is 31.3 Å². The summed E-state index contributed by atoms with van der Waals surface area (Å²) >= 11 is 1.14. The Bertz CT molecular complexity index is 988. The number of nitrogens with zero attached hydrogens (tertiary/aromatic N) is 3. The average molecular weight is 396 g/mol. The molecule has 1 fully saturated rings. The van der Waals surface area contributed by atoms with Crippen LogP contribution in [-0.2, 0) is 4.79 Å². The summed E-state index contributed by atoms with van der Waals surface area (Å²) < 4.78 is 13.5. The molecule has 0 bridgehead atoms. The van der Waals surface area contributed by atoms with Crippen LogP contribution in [-0.4, -0.2) is 45.1 Å². The van der Waals surface area contributed by atoms with Crippen molar-refractivity contribution < 1.29 is 14.0 Å². The molecule has 0 radical (unpaired) electrons. The predicted octanol–water partition coefficient (Wildman–Crippen LogP) is 2.97. The van der Waals surface area contributed by atoms with Crippen molar-refractivity contribution in [2.45, 2.75) is 12.8 Å². The van der Waals surface area contributed by atoms with Gasteiger partial charge in [-0.2, -0.15) is 8.75 Å². The average Bonchev–Trinajstić information content (AvgIpc) is 3.41. The summed E-state index contributed by atoms with van der Waals surface area (Å²) in [6.45, 7) is 1.99. The van der Waals surface area contributed by atoms with Gasteiger partial charge in [0.05, 0.1) is 18.0 Å². The Kier molecular flexibility index (Phi) is 5.48. The van der Waals surface area contributed by atoms with Gasteiger partial charge in [0.2, 0.25) is 5.91 Å². The summed E-state index contributed by atoms with van der Waals surface area (Å²) in [5.41, 5.74) is 2.14. The molecule has 0 unspecified atom stereocenters. The molecular formula is C20H20N4O3S. The zero-order valence-electron chi connectivity index (χ0n) is 15.2. The van der Waals surface area contributed by atoms with Crippen molar-refractivity contribution in [3.05, 3.63) is 54.0 Å². The SMILES string of the molecule is O=C(NCC1CCN(C(=O)C=Cc2ccco2)CC1)c1ccc2nsnc2c1. The molecule has 1 aromatic carbocycles. The number of hydrogen-bond acceptors (Lipinski definition) is 6. The van der Waals surface area contributed by atoms with E-state index in [2.05, 4.69) is 14.1 Å². The number of carbonyl (C=O) groups excluding carboxylic acids is 2. The van der Waals surface area contributed by atoms with Crippen molar-refractivity contribution in [3.63, 3.8) is 0 Å². The van der Waals surface area contributed by atoms with Crippen LogP contribution in [0.5, 0.6) is 0 Å². The lowest BCUT2D eigenvalue weighted by Crippen LogP contribution is -2.40. The molecule has 7 nitrogen and oxygen atoms in total. The summed E-state index contributed by atoms with van der Waals surface area (Å²) in [7, 11) is 0. The van der Waals surface area contributed by atoms with Crippen molar-refractivity contribution in [2.24, 2.45) is 5.92 Å². The van der Waals surface area contributed by atoms with Gasteiger partial charge in [-0.15, -0.1) is 0 Å². The molecule has 0 aliphatic carbocycles. The van der Waals surface area contributed by atoms with Gasteiger partial charge in [0.15, 0.2) is 0 Å². The monoisotopic (exact) mass is 396 g/mol. The molecule has 2 aromatic heterocycles. The predicted molar refractivity (Wildman–Crippen MR) is 107 cm³/mol. The van der Waals surface area contributed by atoms with Gasteiger partial charge in [-0.3, -0.25) is 9.59 Å². The van der Waals surface area contributed by atoms with E-state index in [1.54, 1.807) is 42.7 Å². The molecule has 2 amide bonds. The number of fused-ring (bicyclic) bond motifs is 1. The Hall–Kier alpha value is -3.00. The van der Waals surface area contributed by atoms with E-state index in [4.69, 9.17) is 4.42 Å². The molecule has 1 N–H and O–H groups in total. The fraction of sp³-hybridized carbons (Fsp3) is 0.300. The van der Waals surface area contributed by atoms with E-state index in [9.17, 15) is 9.59 Å². The lowest BCUT2D eigenvalue weighted by atomic mass is 9.96. The number of nitrogens with one attached hydrogen (secondary N) is 1. The van der Waals surface area contributed by atoms with Crippen LogP contribution in [0.3, 0.4) is 0 Å². The topological polar surface area (TPSA) is 88.3 Å². The van der Waals surface area contributed by atoms with Gasteiger partial charge in [-0.25, -0.2) is 0 Å². The minimum absolute atomic E-state index is 0.0101. The third-order valence-electron chi connectivity index (χ3n) is 4.93. The fourth-order valence-corrected chi connectivity index (χ4v) is 3.78. The van der Waals surface area contributed by atoms with Crippen LogP contribution >= 0.6 is 11.7 Å². The summed E-state index contributed by atoms with van der Waals surface area (Å²) in [5, 5.41) is 3.00. The number of hydrogen-bond donors (Lipinski definition) is 1. The number of amides is 2. The van der Waals surface area contributed by atoms with E-state index < -0.39 is 0 Å². The van der Waals surface area contributed by atoms with Gasteiger partial charge in [0.1, 0.15) is 16.8 Å². The van der Waals surface area contributed by atoms with Gasteiger partial charge >= 0.3 is 0 Å². The van der Waals surface area contributed by atoms with Crippen LogP contribution in [0.1, 0.15) is 29.0 Å². The molecule has 3 aromatic rings. The first-order valence-corrected chi connectivity index (χ1v) is 9.93. The number of benzene rings is 1. The van der Waals surface area contributed by atoms with Crippen molar-refractivity contribution in [1.82, 2.24) is 19.0 Å². The molecule has 0 spiro atoms. The molecule has 1 aliphatic rings. The second kappa shape index (κ2) is 8.35. The summed E-state index contributed by atoms with van der Waals surface area (Å²) in [6.07, 6.45) is 6.55. The first-order valence-electron chi connectivity index (χ1n) is 9.20. The van der Waals surface area contributed by atoms with Gasteiger partial charge in [-0.05, 0) is 55.2 Å². The number of piperidine rings is 1. The largest absolute Gasteiger partial charge is 0.465 e. The van der Waals surface area contributed by atoms with E-state index >= 15 is 0 Å². The fourth-order valence-electron chi connectivity index (χ4n) is 3.26. The molecule has 3 heterocycles. The highest BCUT2D eigenvalue weighted by Crippen LogP contribution is 2.18. The highest BCUT2D eigenvalue weighted by Gasteiger charge is 2.22. The summed E-state index contributed by atoms with van der Waals surface area (Å²) in [6, 6.07) is 8.94. The molecule has 0 saturated carbocycles. The van der Waals surface area contributed by atoms with Crippen molar-refractivity contribution in [1.29, 1.82) is 0 Å². The number of likely N-dealkylation sites (tertiary alicyclic amines) is 1. The third-order valence-corrected chi connectivity index (χ3v) is 5.48. The highest BCUT2D eigenvalue weighted by molar-refractivity contribution is 7.00. The Morgan fingerprint density at radius 2 is 2.04 bits per heavy atom. The maximum absolute atomic E-state index is 12.4. The molecule has 1 saturated heterocycles. The van der Waals surface area contributed by atoms with E-state index in [1.165, 1.54) is 0 Å². The van der Waals surface area contributed by atoms with Gasteiger partial charge in [0.25, 0.3) is 5.91 Å². The minimum Gasteiger partial charge on any atom is -0.465 e. The molecule has 0 atom stereocenters. The highest BCUT2D eigenvalue weighted by atomic mass is 32.1. The first kappa shape index (κ1) is 18.4. The van der Waals surface area contributed by atoms with Crippen LogP contribution in [0.15, 0.2) is 47.1 Å². The Labute approximate surface area is 166 Å². The number of carbonyl (C=O) groups is 2. The van der Waals surface area contributed by atoms with E-state index in [-0.39, 0.29) is 11.8 Å². The molecule has 4 rings (SSSR count). The second-order valence-corrected chi connectivity index (χ2v) is 7.32. The van der Waals surface area contributed by atoms with Crippen LogP contribution in [0.25, 0.3) is 17.1 Å². The molecular weight excluding hydrogens is 376 g/mol. The third kappa shape index (κ3) is 4.28. The molecule has 8 heteroatoms. The number of rotatable bonds is 5. The lowest BCUT2D eigenvalue weighted by Gasteiger charge is -2.31. The maximum Gasteiger partial charge on any atom is 0.251 e. The Balaban J connectivity index is 1.24. The summed E-state index contributed by atoms with van der Waals surface area (Å²) in [5.74, 6) is 0.920. The van der Waals surface area contributed by atoms with Gasteiger partial charge in [-0.1, -0.05) is 0 Å². The van der Waals surface area contributed by atoms with Crippen LogP contribution in [0.2, 0.25) is 0 Å². The minimum atomic E-state index is -0.102. The number of aromatic nitrogens is 2. The standard InChI is InChI=1S/C20H20N4O3S/c25-19(6-4-16-2-1-11-27-16)24-9-7-14(8-10-24)13-21-20(26)15-3-5-17-18(12-15)23-28-22-17/h1-6,11-12,14H,7-10,13H2,(H,21,26). The zero-order valence-corrected chi connectivity index (χ0v) is 16.0. The Morgan fingerprint density at radius 3 is 2.82 bits per heavy atom. The van der Waals surface area contributed by atoms with Crippen molar-refractivity contribution >= 4 is 40.7 Å². The summed E-state index contributed by atoms with van der Waals surface area (Å²) in [4.78, 5) is 26.5.